The van der Waals surface area contributed by atoms with Gasteiger partial charge in [0.25, 0.3) is 0 Å². The molecule has 0 aliphatic carbocycles. The van der Waals surface area contributed by atoms with Gasteiger partial charge in [-0.25, -0.2) is 9.48 Å². The minimum atomic E-state index is -4.64. The van der Waals surface area contributed by atoms with Gasteiger partial charge in [-0.3, -0.25) is 4.79 Å². The summed E-state index contributed by atoms with van der Waals surface area (Å²) in [6.07, 6.45) is -4.64. The van der Waals surface area contributed by atoms with E-state index >= 15 is 0 Å². The smallest absolute Gasteiger partial charge is 0.313 e. The highest BCUT2D eigenvalue weighted by Gasteiger charge is 2.34. The summed E-state index contributed by atoms with van der Waals surface area (Å²) in [5.41, 5.74) is 0.868. The zero-order valence-electron chi connectivity index (χ0n) is 21.8. The number of alkyl halides is 3. The molecule has 1 heterocycles. The first kappa shape index (κ1) is 27.8. The predicted molar refractivity (Wildman–Crippen MR) is 138 cm³/mol. The molecule has 10 heteroatoms. The van der Waals surface area contributed by atoms with Crippen molar-refractivity contribution in [3.8, 4) is 5.69 Å². The van der Waals surface area contributed by atoms with Gasteiger partial charge in [0.15, 0.2) is 0 Å². The Morgan fingerprint density at radius 1 is 1.00 bits per heavy atom. The molecular formula is C27H32F3N5O2. The van der Waals surface area contributed by atoms with Crippen molar-refractivity contribution < 1.29 is 22.8 Å². The molecule has 0 aliphatic rings. The number of aryl methyl sites for hydroxylation is 1. The van der Waals surface area contributed by atoms with E-state index in [-0.39, 0.29) is 17.6 Å². The summed E-state index contributed by atoms with van der Waals surface area (Å²) in [6, 6.07) is 12.8. The second-order valence-electron chi connectivity index (χ2n) is 10.1. The van der Waals surface area contributed by atoms with E-state index in [0.29, 0.717) is 5.82 Å². The fourth-order valence-corrected chi connectivity index (χ4v) is 3.67. The maximum atomic E-state index is 13.4. The normalized spacial score (nSPS) is 11.9. The van der Waals surface area contributed by atoms with Crippen molar-refractivity contribution in [2.75, 3.05) is 17.2 Å². The molecule has 2 N–H and O–H groups in total. The number of aromatic nitrogens is 2. The highest BCUT2D eigenvalue weighted by atomic mass is 19.4. The number of nitrogens with one attached hydrogen (secondary N) is 2. The van der Waals surface area contributed by atoms with E-state index in [4.69, 9.17) is 5.10 Å². The third kappa shape index (κ3) is 6.69. The molecule has 198 valence electrons. The molecule has 0 atom stereocenters. The van der Waals surface area contributed by atoms with Crippen LogP contribution in [0.15, 0.2) is 54.6 Å². The quantitative estimate of drug-likeness (QED) is 0.400. The van der Waals surface area contributed by atoms with Crippen molar-refractivity contribution >= 4 is 23.4 Å². The Morgan fingerprint density at radius 2 is 1.62 bits per heavy atom. The average Bonchev–Trinajstić information content (AvgIpc) is 3.21. The first-order chi connectivity index (χ1) is 17.2. The number of benzene rings is 2. The molecule has 0 bridgehead atoms. The van der Waals surface area contributed by atoms with Gasteiger partial charge in [0.05, 0.1) is 22.6 Å². The van der Waals surface area contributed by atoms with Crippen LogP contribution >= 0.6 is 0 Å². The largest absolute Gasteiger partial charge is 0.418 e. The van der Waals surface area contributed by atoms with Crippen LogP contribution in [0, 0.1) is 6.92 Å². The number of halogens is 3. The first-order valence-electron chi connectivity index (χ1n) is 11.9. The third-order valence-corrected chi connectivity index (χ3v) is 5.76. The SMILES string of the molecule is Cc1ccccc1-n1nc(C(C)(C)C)cc1NC(=O)CN(C(=O)Nc1ccccc1C(F)(F)F)C(C)C. The van der Waals surface area contributed by atoms with Crippen LogP contribution in [0.5, 0.6) is 0 Å². The Kier molecular flexibility index (Phi) is 8.00. The first-order valence-corrected chi connectivity index (χ1v) is 11.9. The number of carbonyl (C=O) groups is 2. The molecule has 0 saturated heterocycles. The number of anilines is 2. The lowest BCUT2D eigenvalue weighted by atomic mass is 9.92. The molecule has 0 aliphatic heterocycles. The zero-order valence-corrected chi connectivity index (χ0v) is 21.8. The van der Waals surface area contributed by atoms with Gasteiger partial charge in [0.1, 0.15) is 12.4 Å². The van der Waals surface area contributed by atoms with Gasteiger partial charge in [-0.05, 0) is 44.5 Å². The Labute approximate surface area is 214 Å². The minimum absolute atomic E-state index is 0.289. The third-order valence-electron chi connectivity index (χ3n) is 5.76. The maximum Gasteiger partial charge on any atom is 0.418 e. The summed E-state index contributed by atoms with van der Waals surface area (Å²) in [6.45, 7) is 10.9. The Bertz CT molecular complexity index is 1280. The standard InChI is InChI=1S/C27H32F3N5O2/c1-17(2)34(25(37)31-20-13-9-8-12-19(20)27(28,29)30)16-24(36)32-23-15-22(26(4,5)6)33-35(23)21-14-10-7-11-18(21)3/h7-15,17H,16H2,1-6H3,(H,31,37)(H,32,36). The lowest BCUT2D eigenvalue weighted by molar-refractivity contribution is -0.137. The maximum absolute atomic E-state index is 13.4. The number of hydrogen-bond acceptors (Lipinski definition) is 3. The monoisotopic (exact) mass is 515 g/mol. The van der Waals surface area contributed by atoms with Crippen molar-refractivity contribution in [1.29, 1.82) is 0 Å². The minimum Gasteiger partial charge on any atom is -0.313 e. The summed E-state index contributed by atoms with van der Waals surface area (Å²) in [5.74, 6) is -0.0843. The summed E-state index contributed by atoms with van der Waals surface area (Å²) < 4.78 is 41.7. The topological polar surface area (TPSA) is 79.3 Å². The van der Waals surface area contributed by atoms with Crippen molar-refractivity contribution in [3.05, 3.63) is 71.4 Å². The number of nitrogens with zero attached hydrogens (tertiary/aromatic N) is 3. The van der Waals surface area contributed by atoms with Crippen LogP contribution in [0.25, 0.3) is 5.69 Å². The number of rotatable bonds is 6. The van der Waals surface area contributed by atoms with Crippen molar-refractivity contribution in [2.45, 2.75) is 59.2 Å². The lowest BCUT2D eigenvalue weighted by Gasteiger charge is -2.27. The Hall–Kier alpha value is -3.82. The summed E-state index contributed by atoms with van der Waals surface area (Å²) in [7, 11) is 0. The predicted octanol–water partition coefficient (Wildman–Crippen LogP) is 6.38. The van der Waals surface area contributed by atoms with Crippen LogP contribution in [-0.2, 0) is 16.4 Å². The van der Waals surface area contributed by atoms with Crippen molar-refractivity contribution in [1.82, 2.24) is 14.7 Å². The highest BCUT2D eigenvalue weighted by molar-refractivity contribution is 5.97. The van der Waals surface area contributed by atoms with Gasteiger partial charge in [-0.1, -0.05) is 51.1 Å². The zero-order chi connectivity index (χ0) is 27.5. The fraction of sp³-hybridized carbons (Fsp3) is 0.370. The number of hydrogen-bond donors (Lipinski definition) is 2. The van der Waals surface area contributed by atoms with E-state index < -0.39 is 29.7 Å². The van der Waals surface area contributed by atoms with Crippen LogP contribution in [0.4, 0.5) is 29.5 Å². The number of carbonyl (C=O) groups excluding carboxylic acids is 2. The molecule has 0 radical (unpaired) electrons. The van der Waals surface area contributed by atoms with Gasteiger partial charge in [0, 0.05) is 17.5 Å². The second kappa shape index (κ2) is 10.7. The molecule has 1 aromatic heterocycles. The molecular weight excluding hydrogens is 483 g/mol. The summed E-state index contributed by atoms with van der Waals surface area (Å²) >= 11 is 0. The molecule has 37 heavy (non-hydrogen) atoms. The summed E-state index contributed by atoms with van der Waals surface area (Å²) in [4.78, 5) is 27.2. The van der Waals surface area contributed by atoms with Crippen LogP contribution < -0.4 is 10.6 Å². The van der Waals surface area contributed by atoms with E-state index in [1.165, 1.54) is 23.1 Å². The molecule has 3 amide bonds. The lowest BCUT2D eigenvalue weighted by Crippen LogP contribution is -2.45. The number of urea groups is 1. The van der Waals surface area contributed by atoms with Crippen LogP contribution in [0.2, 0.25) is 0 Å². The molecule has 0 unspecified atom stereocenters. The second-order valence-corrected chi connectivity index (χ2v) is 10.1. The van der Waals surface area contributed by atoms with Gasteiger partial charge >= 0.3 is 12.2 Å². The van der Waals surface area contributed by atoms with E-state index in [0.717, 1.165) is 23.0 Å². The average molecular weight is 516 g/mol. The van der Waals surface area contributed by atoms with Crippen molar-refractivity contribution in [2.24, 2.45) is 0 Å². The van der Waals surface area contributed by atoms with Crippen LogP contribution in [-0.4, -0.2) is 39.2 Å². The molecule has 3 aromatic rings. The molecule has 2 aromatic carbocycles. The van der Waals surface area contributed by atoms with E-state index in [9.17, 15) is 22.8 Å². The summed E-state index contributed by atoms with van der Waals surface area (Å²) in [5, 5.41) is 9.84. The van der Waals surface area contributed by atoms with Gasteiger partial charge < -0.3 is 15.5 Å². The van der Waals surface area contributed by atoms with Gasteiger partial charge in [-0.15, -0.1) is 0 Å². The van der Waals surface area contributed by atoms with E-state index in [1.54, 1.807) is 24.6 Å². The van der Waals surface area contributed by atoms with E-state index in [1.807, 2.05) is 52.0 Å². The number of para-hydroxylation sites is 2. The molecule has 0 spiro atoms. The van der Waals surface area contributed by atoms with Crippen molar-refractivity contribution in [3.63, 3.8) is 0 Å². The molecule has 3 rings (SSSR count). The Morgan fingerprint density at radius 3 is 2.22 bits per heavy atom. The van der Waals surface area contributed by atoms with Gasteiger partial charge in [-0.2, -0.15) is 18.3 Å². The molecule has 7 nitrogen and oxygen atoms in total. The van der Waals surface area contributed by atoms with Crippen LogP contribution in [0.3, 0.4) is 0 Å². The highest BCUT2D eigenvalue weighted by Crippen LogP contribution is 2.34. The molecule has 0 saturated carbocycles. The fourth-order valence-electron chi connectivity index (χ4n) is 3.67. The Balaban J connectivity index is 1.85. The number of amides is 3. The molecule has 0 fully saturated rings. The van der Waals surface area contributed by atoms with Gasteiger partial charge in [0.2, 0.25) is 5.91 Å². The van der Waals surface area contributed by atoms with E-state index in [2.05, 4.69) is 10.6 Å². The van der Waals surface area contributed by atoms with Crippen LogP contribution in [0.1, 0.15) is 51.4 Å².